The van der Waals surface area contributed by atoms with Crippen molar-refractivity contribution in [2.24, 2.45) is 11.7 Å². The Hall–Kier alpha value is -0.570. The number of nitrogens with zero attached hydrogens (tertiary/aromatic N) is 1. The van der Waals surface area contributed by atoms with Crippen LogP contribution in [0.15, 0.2) is 0 Å². The largest absolute Gasteiger partial charge is 0.388 e. The number of hydrogen-bond donors (Lipinski definition) is 2. The van der Waals surface area contributed by atoms with Crippen molar-refractivity contribution in [2.45, 2.75) is 57.5 Å². The van der Waals surface area contributed by atoms with Crippen LogP contribution >= 0.6 is 0 Å². The second-order valence-electron chi connectivity index (χ2n) is 5.22. The molecule has 3 nitrogen and oxygen atoms in total. The van der Waals surface area contributed by atoms with Gasteiger partial charge in [-0.1, -0.05) is 12.8 Å². The first-order chi connectivity index (χ1) is 7.18. The Kier molecular flexibility index (Phi) is 3.29. The SMILES string of the molecule is CC(CC(=N)N)N1CCC2CCCCC21. The molecule has 86 valence electrons. The van der Waals surface area contributed by atoms with E-state index >= 15 is 0 Å². The van der Waals surface area contributed by atoms with Gasteiger partial charge in [-0.2, -0.15) is 0 Å². The zero-order valence-electron chi connectivity index (χ0n) is 9.71. The molecule has 3 unspecified atom stereocenters. The lowest BCUT2D eigenvalue weighted by Crippen LogP contribution is -2.42. The highest BCUT2D eigenvalue weighted by Crippen LogP contribution is 2.37. The Morgan fingerprint density at radius 3 is 2.87 bits per heavy atom. The average Bonchev–Trinajstić information content (AvgIpc) is 2.59. The molecule has 0 amide bonds. The lowest BCUT2D eigenvalue weighted by atomic mass is 9.85. The quantitative estimate of drug-likeness (QED) is 0.551. The summed E-state index contributed by atoms with van der Waals surface area (Å²) in [5, 5.41) is 7.37. The summed E-state index contributed by atoms with van der Waals surface area (Å²) in [5.74, 6) is 1.27. The molecule has 15 heavy (non-hydrogen) atoms. The molecule has 0 bridgehead atoms. The van der Waals surface area contributed by atoms with Crippen LogP contribution in [-0.4, -0.2) is 29.4 Å². The van der Waals surface area contributed by atoms with E-state index in [1.54, 1.807) is 0 Å². The zero-order chi connectivity index (χ0) is 10.8. The van der Waals surface area contributed by atoms with Crippen LogP contribution in [0.1, 0.15) is 45.4 Å². The van der Waals surface area contributed by atoms with E-state index in [1.807, 2.05) is 0 Å². The maximum Gasteiger partial charge on any atom is 0.0920 e. The Bertz CT molecular complexity index is 239. The van der Waals surface area contributed by atoms with Crippen LogP contribution in [0.5, 0.6) is 0 Å². The van der Waals surface area contributed by atoms with Gasteiger partial charge in [0.05, 0.1) is 5.84 Å². The van der Waals surface area contributed by atoms with Crippen LogP contribution < -0.4 is 5.73 Å². The number of rotatable bonds is 3. The minimum atomic E-state index is 0.335. The monoisotopic (exact) mass is 209 g/mol. The van der Waals surface area contributed by atoms with Gasteiger partial charge in [0.2, 0.25) is 0 Å². The van der Waals surface area contributed by atoms with Gasteiger partial charge in [-0.15, -0.1) is 0 Å². The number of amidine groups is 1. The molecule has 2 aliphatic rings. The van der Waals surface area contributed by atoms with Crippen LogP contribution in [0.25, 0.3) is 0 Å². The van der Waals surface area contributed by atoms with E-state index in [9.17, 15) is 0 Å². The van der Waals surface area contributed by atoms with E-state index in [-0.39, 0.29) is 0 Å². The number of nitrogens with one attached hydrogen (secondary N) is 1. The van der Waals surface area contributed by atoms with Crippen molar-refractivity contribution in [3.63, 3.8) is 0 Å². The molecular weight excluding hydrogens is 186 g/mol. The van der Waals surface area contributed by atoms with Crippen molar-refractivity contribution < 1.29 is 0 Å². The van der Waals surface area contributed by atoms with Gasteiger partial charge < -0.3 is 5.73 Å². The summed E-state index contributed by atoms with van der Waals surface area (Å²) in [6.07, 6.45) is 7.72. The first kappa shape index (κ1) is 10.9. The molecule has 0 aromatic heterocycles. The maximum atomic E-state index is 7.37. The molecule has 2 fully saturated rings. The van der Waals surface area contributed by atoms with Gasteiger partial charge in [0.15, 0.2) is 0 Å². The van der Waals surface area contributed by atoms with Gasteiger partial charge in [-0.3, -0.25) is 10.3 Å². The minimum absolute atomic E-state index is 0.335. The van der Waals surface area contributed by atoms with Crippen molar-refractivity contribution in [3.05, 3.63) is 0 Å². The van der Waals surface area contributed by atoms with E-state index in [0.717, 1.165) is 18.4 Å². The highest BCUT2D eigenvalue weighted by Gasteiger charge is 2.37. The molecule has 1 heterocycles. The van der Waals surface area contributed by atoms with E-state index in [1.165, 1.54) is 38.6 Å². The Morgan fingerprint density at radius 1 is 1.40 bits per heavy atom. The third-order valence-corrected chi connectivity index (χ3v) is 4.13. The van der Waals surface area contributed by atoms with Gasteiger partial charge in [-0.05, 0) is 38.6 Å². The summed E-state index contributed by atoms with van der Waals surface area (Å²) in [4.78, 5) is 2.60. The van der Waals surface area contributed by atoms with E-state index in [0.29, 0.717) is 11.9 Å². The third kappa shape index (κ3) is 2.33. The predicted molar refractivity (Wildman–Crippen MR) is 63.1 cm³/mol. The van der Waals surface area contributed by atoms with Crippen molar-refractivity contribution in [2.75, 3.05) is 6.54 Å². The highest BCUT2D eigenvalue weighted by molar-refractivity contribution is 5.77. The average molecular weight is 209 g/mol. The highest BCUT2D eigenvalue weighted by atomic mass is 15.2. The second kappa shape index (κ2) is 4.52. The lowest BCUT2D eigenvalue weighted by Gasteiger charge is -2.35. The smallest absolute Gasteiger partial charge is 0.0920 e. The molecule has 2 rings (SSSR count). The fourth-order valence-electron chi connectivity index (χ4n) is 3.42. The first-order valence-electron chi connectivity index (χ1n) is 6.27. The molecule has 1 aliphatic heterocycles. The number of hydrogen-bond acceptors (Lipinski definition) is 2. The normalized spacial score (nSPS) is 33.7. The molecule has 1 saturated carbocycles. The van der Waals surface area contributed by atoms with Crippen molar-refractivity contribution >= 4 is 5.84 Å². The van der Waals surface area contributed by atoms with Gasteiger partial charge in [0.25, 0.3) is 0 Å². The van der Waals surface area contributed by atoms with Crippen molar-refractivity contribution in [3.8, 4) is 0 Å². The standard InChI is InChI=1S/C12H23N3/c1-9(8-12(13)14)15-7-6-10-4-2-3-5-11(10)15/h9-11H,2-8H2,1H3,(H3,13,14). The van der Waals surface area contributed by atoms with E-state index < -0.39 is 0 Å². The first-order valence-corrected chi connectivity index (χ1v) is 6.27. The molecule has 3 heteroatoms. The van der Waals surface area contributed by atoms with E-state index in [4.69, 9.17) is 11.1 Å². The molecule has 3 N–H and O–H groups in total. The van der Waals surface area contributed by atoms with Crippen molar-refractivity contribution in [1.29, 1.82) is 5.41 Å². The van der Waals surface area contributed by atoms with Crippen LogP contribution in [0.4, 0.5) is 0 Å². The van der Waals surface area contributed by atoms with Gasteiger partial charge >= 0.3 is 0 Å². The zero-order valence-corrected chi connectivity index (χ0v) is 9.71. The van der Waals surface area contributed by atoms with Gasteiger partial charge in [0, 0.05) is 18.5 Å². The molecule has 1 saturated heterocycles. The van der Waals surface area contributed by atoms with Crippen LogP contribution in [0, 0.1) is 11.3 Å². The van der Waals surface area contributed by atoms with Crippen LogP contribution in [0.2, 0.25) is 0 Å². The molecule has 1 aliphatic carbocycles. The number of likely N-dealkylation sites (tertiary alicyclic amines) is 1. The van der Waals surface area contributed by atoms with Gasteiger partial charge in [-0.25, -0.2) is 0 Å². The summed E-state index contributed by atoms with van der Waals surface area (Å²) >= 11 is 0. The minimum Gasteiger partial charge on any atom is -0.388 e. The summed E-state index contributed by atoms with van der Waals surface area (Å²) < 4.78 is 0. The summed E-state index contributed by atoms with van der Waals surface area (Å²) in [7, 11) is 0. The third-order valence-electron chi connectivity index (χ3n) is 4.13. The predicted octanol–water partition coefficient (Wildman–Crippen LogP) is 1.97. The summed E-state index contributed by atoms with van der Waals surface area (Å²) in [5.41, 5.74) is 5.49. The molecule has 0 radical (unpaired) electrons. The summed E-state index contributed by atoms with van der Waals surface area (Å²) in [6, 6.07) is 1.27. The number of nitrogens with two attached hydrogens (primary N) is 1. The molecule has 0 spiro atoms. The Balaban J connectivity index is 1.94. The molecule has 3 atom stereocenters. The van der Waals surface area contributed by atoms with Crippen LogP contribution in [-0.2, 0) is 0 Å². The number of fused-ring (bicyclic) bond motifs is 1. The molecular formula is C12H23N3. The van der Waals surface area contributed by atoms with Gasteiger partial charge in [0.1, 0.15) is 0 Å². The molecule has 0 aromatic rings. The van der Waals surface area contributed by atoms with Crippen LogP contribution in [0.3, 0.4) is 0 Å². The second-order valence-corrected chi connectivity index (χ2v) is 5.22. The topological polar surface area (TPSA) is 53.1 Å². The fourth-order valence-corrected chi connectivity index (χ4v) is 3.42. The fraction of sp³-hybridized carbons (Fsp3) is 0.917. The maximum absolute atomic E-state index is 7.37. The molecule has 0 aromatic carbocycles. The Morgan fingerprint density at radius 2 is 2.13 bits per heavy atom. The van der Waals surface area contributed by atoms with Crippen molar-refractivity contribution in [1.82, 2.24) is 4.90 Å². The van der Waals surface area contributed by atoms with E-state index in [2.05, 4.69) is 11.8 Å². The summed E-state index contributed by atoms with van der Waals surface area (Å²) in [6.45, 7) is 3.45. The Labute approximate surface area is 92.5 Å². The lowest BCUT2D eigenvalue weighted by molar-refractivity contribution is 0.143.